The Morgan fingerprint density at radius 1 is 1.05 bits per heavy atom. The Morgan fingerprint density at radius 2 is 1.82 bits per heavy atom. The van der Waals surface area contributed by atoms with E-state index < -0.39 is 0 Å². The van der Waals surface area contributed by atoms with Gasteiger partial charge in [-0.1, -0.05) is 48.5 Å². The molecule has 0 unspecified atom stereocenters. The smallest absolute Gasteiger partial charge is 0.227 e. The molecule has 0 saturated carbocycles. The molecule has 0 bridgehead atoms. The van der Waals surface area contributed by atoms with Crippen LogP contribution in [0.15, 0.2) is 54.6 Å². The summed E-state index contributed by atoms with van der Waals surface area (Å²) in [5.74, 6) is 0.204. The number of hydrogen-bond donors (Lipinski definition) is 1. The molecular weight excluding hydrogens is 272 g/mol. The lowest BCUT2D eigenvalue weighted by molar-refractivity contribution is -0.131. The van der Waals surface area contributed by atoms with E-state index in [9.17, 15) is 4.79 Å². The molecule has 2 aromatic carbocycles. The number of benzene rings is 2. The van der Waals surface area contributed by atoms with Crippen molar-refractivity contribution in [1.82, 2.24) is 9.88 Å². The van der Waals surface area contributed by atoms with Crippen molar-refractivity contribution < 1.29 is 4.79 Å². The largest absolute Gasteiger partial charge is 0.357 e. The lowest BCUT2D eigenvalue weighted by Gasteiger charge is -2.27. The van der Waals surface area contributed by atoms with Gasteiger partial charge in [0.05, 0.1) is 13.0 Å². The van der Waals surface area contributed by atoms with E-state index in [-0.39, 0.29) is 5.91 Å². The van der Waals surface area contributed by atoms with E-state index in [4.69, 9.17) is 0 Å². The zero-order valence-electron chi connectivity index (χ0n) is 12.4. The highest BCUT2D eigenvalue weighted by molar-refractivity contribution is 5.86. The number of rotatable bonds is 2. The highest BCUT2D eigenvalue weighted by Crippen LogP contribution is 2.27. The van der Waals surface area contributed by atoms with Gasteiger partial charge in [0.1, 0.15) is 0 Å². The number of amides is 1. The molecular formula is C19H18N2O. The third kappa shape index (κ3) is 2.29. The number of carbonyl (C=O) groups is 1. The van der Waals surface area contributed by atoms with Gasteiger partial charge in [0.15, 0.2) is 0 Å². The van der Waals surface area contributed by atoms with E-state index in [0.717, 1.165) is 18.5 Å². The average molecular weight is 290 g/mol. The Balaban J connectivity index is 1.55. The predicted molar refractivity (Wildman–Crippen MR) is 87.6 cm³/mol. The summed E-state index contributed by atoms with van der Waals surface area (Å²) in [7, 11) is 0. The van der Waals surface area contributed by atoms with Crippen LogP contribution in [0.4, 0.5) is 0 Å². The van der Waals surface area contributed by atoms with E-state index in [2.05, 4.69) is 23.2 Å². The van der Waals surface area contributed by atoms with Crippen LogP contribution in [0.5, 0.6) is 0 Å². The number of H-pyrrole nitrogens is 1. The highest BCUT2D eigenvalue weighted by atomic mass is 16.2. The van der Waals surface area contributed by atoms with E-state index in [1.807, 2.05) is 41.3 Å². The van der Waals surface area contributed by atoms with Gasteiger partial charge in [0, 0.05) is 23.1 Å². The van der Waals surface area contributed by atoms with Crippen LogP contribution in [0.25, 0.3) is 10.9 Å². The van der Waals surface area contributed by atoms with E-state index in [1.165, 1.54) is 22.2 Å². The second-order valence-corrected chi connectivity index (χ2v) is 5.86. The summed E-state index contributed by atoms with van der Waals surface area (Å²) in [4.78, 5) is 17.9. The third-order valence-corrected chi connectivity index (χ3v) is 4.43. The van der Waals surface area contributed by atoms with Crippen LogP contribution < -0.4 is 0 Å². The van der Waals surface area contributed by atoms with Crippen LogP contribution >= 0.6 is 0 Å². The Morgan fingerprint density at radius 3 is 2.68 bits per heavy atom. The maximum Gasteiger partial charge on any atom is 0.227 e. The van der Waals surface area contributed by atoms with Crippen LogP contribution in [0.2, 0.25) is 0 Å². The predicted octanol–water partition coefficient (Wildman–Crippen LogP) is 3.30. The SMILES string of the molecule is O=C(Cc1ccccc1)N1CCc2c([nH]c3ccccc23)C1. The number of aromatic amines is 1. The van der Waals surface area contributed by atoms with Crippen molar-refractivity contribution in [2.75, 3.05) is 6.54 Å². The van der Waals surface area contributed by atoms with Gasteiger partial charge in [-0.25, -0.2) is 0 Å². The van der Waals surface area contributed by atoms with Gasteiger partial charge in [-0.05, 0) is 23.6 Å². The summed E-state index contributed by atoms with van der Waals surface area (Å²) >= 11 is 0. The topological polar surface area (TPSA) is 36.1 Å². The van der Waals surface area contributed by atoms with Gasteiger partial charge in [0.2, 0.25) is 5.91 Å². The minimum Gasteiger partial charge on any atom is -0.357 e. The Bertz CT molecular complexity index is 820. The Kier molecular flexibility index (Phi) is 3.19. The fraction of sp³-hybridized carbons (Fsp3) is 0.211. The number of aromatic nitrogens is 1. The molecule has 0 fully saturated rings. The molecule has 1 amide bonds. The molecule has 1 aliphatic heterocycles. The number of fused-ring (bicyclic) bond motifs is 3. The molecule has 2 heterocycles. The Labute approximate surface area is 129 Å². The number of nitrogens with one attached hydrogen (secondary N) is 1. The monoisotopic (exact) mass is 290 g/mol. The van der Waals surface area contributed by atoms with Gasteiger partial charge < -0.3 is 9.88 Å². The van der Waals surface area contributed by atoms with Crippen molar-refractivity contribution in [2.45, 2.75) is 19.4 Å². The number of carbonyl (C=O) groups excluding carboxylic acids is 1. The number of nitrogens with zero attached hydrogens (tertiary/aromatic N) is 1. The zero-order valence-corrected chi connectivity index (χ0v) is 12.4. The van der Waals surface area contributed by atoms with E-state index in [1.54, 1.807) is 0 Å². The minimum atomic E-state index is 0.204. The standard InChI is InChI=1S/C19H18N2O/c22-19(12-14-6-2-1-3-7-14)21-11-10-16-15-8-4-5-9-17(15)20-18(16)13-21/h1-9,20H,10-13H2. The van der Waals surface area contributed by atoms with E-state index >= 15 is 0 Å². The van der Waals surface area contributed by atoms with Crippen LogP contribution in [0, 0.1) is 0 Å². The molecule has 3 heteroatoms. The summed E-state index contributed by atoms with van der Waals surface area (Å²) in [6.07, 6.45) is 1.41. The maximum atomic E-state index is 12.5. The van der Waals surface area contributed by atoms with Crippen LogP contribution in [0.3, 0.4) is 0 Å². The second kappa shape index (κ2) is 5.34. The van der Waals surface area contributed by atoms with Gasteiger partial charge in [-0.3, -0.25) is 4.79 Å². The lowest BCUT2D eigenvalue weighted by Crippen LogP contribution is -2.36. The maximum absolute atomic E-state index is 12.5. The third-order valence-electron chi connectivity index (χ3n) is 4.43. The minimum absolute atomic E-state index is 0.204. The van der Waals surface area contributed by atoms with Crippen LogP contribution in [-0.2, 0) is 24.2 Å². The number of hydrogen-bond acceptors (Lipinski definition) is 1. The molecule has 110 valence electrons. The summed E-state index contributed by atoms with van der Waals surface area (Å²) in [5.41, 5.74) is 4.81. The molecule has 0 spiro atoms. The van der Waals surface area contributed by atoms with Gasteiger partial charge in [-0.15, -0.1) is 0 Å². The second-order valence-electron chi connectivity index (χ2n) is 5.86. The summed E-state index contributed by atoms with van der Waals surface area (Å²) in [6.45, 7) is 1.50. The normalized spacial score (nSPS) is 14.1. The molecule has 22 heavy (non-hydrogen) atoms. The van der Waals surface area contributed by atoms with Crippen LogP contribution in [0.1, 0.15) is 16.8 Å². The van der Waals surface area contributed by atoms with Crippen molar-refractivity contribution in [1.29, 1.82) is 0 Å². The van der Waals surface area contributed by atoms with Crippen molar-refractivity contribution >= 4 is 16.8 Å². The summed E-state index contributed by atoms with van der Waals surface area (Å²) in [5, 5.41) is 1.30. The molecule has 1 aliphatic rings. The fourth-order valence-corrected chi connectivity index (χ4v) is 3.29. The Hall–Kier alpha value is -2.55. The summed E-state index contributed by atoms with van der Waals surface area (Å²) < 4.78 is 0. The molecule has 0 saturated heterocycles. The first kappa shape index (κ1) is 13.1. The van der Waals surface area contributed by atoms with Crippen molar-refractivity contribution in [2.24, 2.45) is 0 Å². The molecule has 4 rings (SSSR count). The molecule has 0 atom stereocenters. The van der Waals surface area contributed by atoms with Crippen molar-refractivity contribution in [3.8, 4) is 0 Å². The molecule has 0 radical (unpaired) electrons. The first-order valence-corrected chi connectivity index (χ1v) is 7.71. The fourth-order valence-electron chi connectivity index (χ4n) is 3.29. The zero-order chi connectivity index (χ0) is 14.9. The van der Waals surface area contributed by atoms with Crippen molar-refractivity contribution in [3.05, 3.63) is 71.4 Å². The average Bonchev–Trinajstić information content (AvgIpc) is 2.93. The lowest BCUT2D eigenvalue weighted by atomic mass is 10.0. The van der Waals surface area contributed by atoms with E-state index in [0.29, 0.717) is 13.0 Å². The van der Waals surface area contributed by atoms with Crippen molar-refractivity contribution in [3.63, 3.8) is 0 Å². The molecule has 1 aromatic heterocycles. The highest BCUT2D eigenvalue weighted by Gasteiger charge is 2.23. The molecule has 1 N–H and O–H groups in total. The molecule has 3 nitrogen and oxygen atoms in total. The quantitative estimate of drug-likeness (QED) is 0.772. The number of para-hydroxylation sites is 1. The molecule has 0 aliphatic carbocycles. The van der Waals surface area contributed by atoms with Gasteiger partial charge in [0.25, 0.3) is 0 Å². The first-order chi connectivity index (χ1) is 10.8. The van der Waals surface area contributed by atoms with Crippen LogP contribution in [-0.4, -0.2) is 22.3 Å². The first-order valence-electron chi connectivity index (χ1n) is 7.71. The van der Waals surface area contributed by atoms with Gasteiger partial charge in [-0.2, -0.15) is 0 Å². The summed E-state index contributed by atoms with van der Waals surface area (Å²) in [6, 6.07) is 18.3. The van der Waals surface area contributed by atoms with Gasteiger partial charge >= 0.3 is 0 Å². The molecule has 3 aromatic rings.